The minimum atomic E-state index is 0.486. The molecule has 0 aliphatic heterocycles. The van der Waals surface area contributed by atoms with E-state index in [-0.39, 0.29) is 0 Å². The van der Waals surface area contributed by atoms with Gasteiger partial charge in [-0.2, -0.15) is 0 Å². The highest BCUT2D eigenvalue weighted by atomic mass is 15.1. The van der Waals surface area contributed by atoms with Crippen LogP contribution in [0.4, 0.5) is 5.69 Å². The van der Waals surface area contributed by atoms with Gasteiger partial charge in [0, 0.05) is 25.8 Å². The monoisotopic (exact) mass is 274 g/mol. The molecule has 2 nitrogen and oxygen atoms in total. The van der Waals surface area contributed by atoms with E-state index < -0.39 is 0 Å². The number of anilines is 1. The van der Waals surface area contributed by atoms with Gasteiger partial charge in [0.25, 0.3) is 0 Å². The zero-order chi connectivity index (χ0) is 14.7. The maximum Gasteiger partial charge on any atom is 0.0364 e. The van der Waals surface area contributed by atoms with Gasteiger partial charge in [-0.3, -0.25) is 0 Å². The highest BCUT2D eigenvalue weighted by molar-refractivity contribution is 5.48. The van der Waals surface area contributed by atoms with Crippen molar-refractivity contribution in [1.82, 2.24) is 5.32 Å². The van der Waals surface area contributed by atoms with Crippen LogP contribution in [0.2, 0.25) is 0 Å². The Kier molecular flexibility index (Phi) is 5.09. The number of nitrogens with zero attached hydrogens (tertiary/aromatic N) is 1. The van der Waals surface area contributed by atoms with Gasteiger partial charge in [0.2, 0.25) is 0 Å². The molecule has 2 heteroatoms. The second kappa shape index (κ2) is 6.62. The maximum absolute atomic E-state index is 3.58. The number of hydrogen-bond donors (Lipinski definition) is 1. The van der Waals surface area contributed by atoms with Crippen LogP contribution in [0.5, 0.6) is 0 Å². The molecule has 1 saturated carbocycles. The summed E-state index contributed by atoms with van der Waals surface area (Å²) in [5.74, 6) is 2.48. The van der Waals surface area contributed by atoms with Gasteiger partial charge in [0.15, 0.2) is 0 Å². The molecular formula is C18H30N2. The molecule has 3 atom stereocenters. The van der Waals surface area contributed by atoms with Gasteiger partial charge < -0.3 is 10.2 Å². The summed E-state index contributed by atoms with van der Waals surface area (Å²) < 4.78 is 0. The smallest absolute Gasteiger partial charge is 0.0364 e. The predicted molar refractivity (Wildman–Crippen MR) is 88.2 cm³/mol. The lowest BCUT2D eigenvalue weighted by atomic mass is 9.72. The van der Waals surface area contributed by atoms with Crippen LogP contribution >= 0.6 is 0 Å². The van der Waals surface area contributed by atoms with E-state index in [4.69, 9.17) is 0 Å². The Morgan fingerprint density at radius 2 is 1.75 bits per heavy atom. The molecule has 1 fully saturated rings. The van der Waals surface area contributed by atoms with Crippen LogP contribution in [0.3, 0.4) is 0 Å². The van der Waals surface area contributed by atoms with Gasteiger partial charge >= 0.3 is 0 Å². The van der Waals surface area contributed by atoms with Crippen LogP contribution in [-0.2, 0) is 0 Å². The third-order valence-electron chi connectivity index (χ3n) is 4.74. The largest absolute Gasteiger partial charge is 0.378 e. The first kappa shape index (κ1) is 15.4. The molecule has 0 spiro atoms. The predicted octanol–water partition coefficient (Wildman–Crippen LogP) is 4.09. The fourth-order valence-corrected chi connectivity index (χ4v) is 3.95. The Labute approximate surface area is 124 Å². The van der Waals surface area contributed by atoms with E-state index in [1.807, 2.05) is 0 Å². The van der Waals surface area contributed by atoms with Gasteiger partial charge in [-0.05, 0) is 61.8 Å². The maximum atomic E-state index is 3.58. The lowest BCUT2D eigenvalue weighted by Gasteiger charge is -2.37. The van der Waals surface area contributed by atoms with Crippen molar-refractivity contribution in [1.29, 1.82) is 0 Å². The SMILES string of the molecule is CNC(c1cccc(N(C)C)c1)C1CC(C)CC(C)C1. The first-order valence-electron chi connectivity index (χ1n) is 7.95. The quantitative estimate of drug-likeness (QED) is 0.890. The lowest BCUT2D eigenvalue weighted by Crippen LogP contribution is -2.31. The van der Waals surface area contributed by atoms with Crippen molar-refractivity contribution in [2.45, 2.75) is 39.2 Å². The van der Waals surface area contributed by atoms with Crippen LogP contribution in [0, 0.1) is 17.8 Å². The fraction of sp³-hybridized carbons (Fsp3) is 0.667. The molecule has 1 aliphatic rings. The van der Waals surface area contributed by atoms with Crippen molar-refractivity contribution in [3.63, 3.8) is 0 Å². The van der Waals surface area contributed by atoms with Gasteiger partial charge in [-0.15, -0.1) is 0 Å². The molecule has 20 heavy (non-hydrogen) atoms. The van der Waals surface area contributed by atoms with E-state index in [1.165, 1.54) is 30.5 Å². The van der Waals surface area contributed by atoms with Gasteiger partial charge in [0.05, 0.1) is 0 Å². The van der Waals surface area contributed by atoms with Crippen LogP contribution in [0.15, 0.2) is 24.3 Å². The molecule has 0 heterocycles. The molecule has 0 aromatic heterocycles. The number of nitrogens with one attached hydrogen (secondary N) is 1. The second-order valence-electron chi connectivity index (χ2n) is 6.93. The molecule has 1 aromatic rings. The molecule has 1 N–H and O–H groups in total. The van der Waals surface area contributed by atoms with Crippen molar-refractivity contribution in [2.75, 3.05) is 26.0 Å². The molecule has 0 saturated heterocycles. The van der Waals surface area contributed by atoms with E-state index in [9.17, 15) is 0 Å². The minimum Gasteiger partial charge on any atom is -0.378 e. The minimum absolute atomic E-state index is 0.486. The van der Waals surface area contributed by atoms with Crippen LogP contribution in [0.1, 0.15) is 44.7 Å². The van der Waals surface area contributed by atoms with Crippen molar-refractivity contribution in [3.05, 3.63) is 29.8 Å². The Bertz CT molecular complexity index is 417. The molecule has 0 radical (unpaired) electrons. The molecular weight excluding hydrogens is 244 g/mol. The normalized spacial score (nSPS) is 28.1. The molecule has 1 aliphatic carbocycles. The lowest BCUT2D eigenvalue weighted by molar-refractivity contribution is 0.180. The van der Waals surface area contributed by atoms with Crippen molar-refractivity contribution >= 4 is 5.69 Å². The topological polar surface area (TPSA) is 15.3 Å². The Hall–Kier alpha value is -1.02. The Morgan fingerprint density at radius 3 is 2.30 bits per heavy atom. The summed E-state index contributed by atoms with van der Waals surface area (Å²) in [5.41, 5.74) is 2.73. The van der Waals surface area contributed by atoms with E-state index >= 15 is 0 Å². The molecule has 0 amide bonds. The fourth-order valence-electron chi connectivity index (χ4n) is 3.95. The number of benzene rings is 1. The van der Waals surface area contributed by atoms with Crippen LogP contribution in [-0.4, -0.2) is 21.1 Å². The molecule has 2 rings (SSSR count). The Balaban J connectivity index is 2.21. The first-order valence-corrected chi connectivity index (χ1v) is 7.95. The summed E-state index contributed by atoms with van der Waals surface area (Å²) in [6, 6.07) is 9.47. The zero-order valence-corrected chi connectivity index (χ0v) is 13.7. The van der Waals surface area contributed by atoms with E-state index in [1.54, 1.807) is 0 Å². The van der Waals surface area contributed by atoms with Gasteiger partial charge in [-0.1, -0.05) is 26.0 Å². The summed E-state index contributed by atoms with van der Waals surface area (Å²) in [7, 11) is 6.33. The standard InChI is InChI=1S/C18H30N2/c1-13-9-14(2)11-16(10-13)18(19-3)15-7-6-8-17(12-15)20(4)5/h6-8,12-14,16,18-19H,9-11H2,1-5H3. The average Bonchev–Trinajstić information content (AvgIpc) is 2.39. The molecule has 112 valence electrons. The number of hydrogen-bond acceptors (Lipinski definition) is 2. The van der Waals surface area contributed by atoms with Crippen molar-refractivity contribution in [2.24, 2.45) is 17.8 Å². The van der Waals surface area contributed by atoms with Crippen LogP contribution in [0.25, 0.3) is 0 Å². The first-order chi connectivity index (χ1) is 9.51. The molecule has 1 aromatic carbocycles. The summed E-state index contributed by atoms with van der Waals surface area (Å²) in [4.78, 5) is 2.18. The van der Waals surface area contributed by atoms with E-state index in [0.29, 0.717) is 6.04 Å². The van der Waals surface area contributed by atoms with E-state index in [0.717, 1.165) is 17.8 Å². The highest BCUT2D eigenvalue weighted by Gasteiger charge is 2.30. The average molecular weight is 274 g/mol. The van der Waals surface area contributed by atoms with Gasteiger partial charge in [-0.25, -0.2) is 0 Å². The summed E-state index contributed by atoms with van der Waals surface area (Å²) in [5, 5.41) is 3.58. The number of rotatable bonds is 4. The molecule has 0 bridgehead atoms. The third-order valence-corrected chi connectivity index (χ3v) is 4.74. The van der Waals surface area contributed by atoms with Crippen molar-refractivity contribution < 1.29 is 0 Å². The molecule has 3 unspecified atom stereocenters. The highest BCUT2D eigenvalue weighted by Crippen LogP contribution is 2.40. The second-order valence-corrected chi connectivity index (χ2v) is 6.93. The van der Waals surface area contributed by atoms with Gasteiger partial charge in [0.1, 0.15) is 0 Å². The Morgan fingerprint density at radius 1 is 1.10 bits per heavy atom. The third kappa shape index (κ3) is 3.54. The summed E-state index contributed by atoms with van der Waals surface area (Å²) in [6.07, 6.45) is 4.09. The summed E-state index contributed by atoms with van der Waals surface area (Å²) in [6.45, 7) is 4.82. The zero-order valence-electron chi connectivity index (χ0n) is 13.7. The van der Waals surface area contributed by atoms with Crippen LogP contribution < -0.4 is 10.2 Å². The summed E-state index contributed by atoms with van der Waals surface area (Å²) >= 11 is 0. The van der Waals surface area contributed by atoms with Crippen molar-refractivity contribution in [3.8, 4) is 0 Å². The van der Waals surface area contributed by atoms with E-state index in [2.05, 4.69) is 69.5 Å².